The van der Waals surface area contributed by atoms with Crippen LogP contribution in [0.15, 0.2) is 69.9 Å². The van der Waals surface area contributed by atoms with Crippen molar-refractivity contribution in [3.05, 3.63) is 64.8 Å². The van der Waals surface area contributed by atoms with E-state index in [9.17, 15) is 8.42 Å². The van der Waals surface area contributed by atoms with Crippen molar-refractivity contribution in [1.82, 2.24) is 8.87 Å². The van der Waals surface area contributed by atoms with E-state index in [-0.39, 0.29) is 0 Å². The van der Waals surface area contributed by atoms with Crippen LogP contribution in [0.25, 0.3) is 11.3 Å². The molecule has 0 radical (unpaired) electrons. The molecule has 3 rings (SSSR count). The number of aromatic nitrogens is 1. The van der Waals surface area contributed by atoms with E-state index in [0.717, 1.165) is 28.3 Å². The number of hydrogen-bond acceptors (Lipinski definition) is 4. The molecule has 2 aromatic carbocycles. The van der Waals surface area contributed by atoms with Crippen molar-refractivity contribution in [3.8, 4) is 11.3 Å². The van der Waals surface area contributed by atoms with Crippen LogP contribution in [0.4, 0.5) is 5.69 Å². The fourth-order valence-electron chi connectivity index (χ4n) is 3.10. The lowest BCUT2D eigenvalue weighted by atomic mass is 10.2. The molecule has 0 spiro atoms. The van der Waals surface area contributed by atoms with Gasteiger partial charge in [0, 0.05) is 30.6 Å². The van der Waals surface area contributed by atoms with Crippen LogP contribution in [0.1, 0.15) is 20.8 Å². The Balaban J connectivity index is 2.08. The minimum Gasteiger partial charge on any atom is -0.317 e. The number of rotatable bonds is 7. The molecule has 0 N–H and O–H groups in total. The summed E-state index contributed by atoms with van der Waals surface area (Å²) in [6, 6.07) is 17.0. The maximum absolute atomic E-state index is 12.9. The van der Waals surface area contributed by atoms with Gasteiger partial charge in [-0.15, -0.1) is 11.3 Å². The summed E-state index contributed by atoms with van der Waals surface area (Å²) in [5.74, 6) is 0. The van der Waals surface area contributed by atoms with Crippen LogP contribution in [0.3, 0.4) is 0 Å². The summed E-state index contributed by atoms with van der Waals surface area (Å²) < 4.78 is 29.4. The van der Waals surface area contributed by atoms with E-state index in [4.69, 9.17) is 4.99 Å². The standard InChI is InChI=1S/C21H25N3O2S2/c1-4-23(5-2)28(25,26)19-14-10-11-17(15-19)20-16-27-21(24(20)6-3)22-18-12-8-7-9-13-18/h7-16H,4-6H2,1-3H3. The third kappa shape index (κ3) is 4.11. The molecule has 1 heterocycles. The number of sulfonamides is 1. The molecule has 0 aliphatic heterocycles. The van der Waals surface area contributed by atoms with Gasteiger partial charge in [-0.25, -0.2) is 13.4 Å². The van der Waals surface area contributed by atoms with E-state index in [1.54, 1.807) is 29.5 Å². The molecular weight excluding hydrogens is 390 g/mol. The molecule has 0 atom stereocenters. The van der Waals surface area contributed by atoms with Gasteiger partial charge >= 0.3 is 0 Å². The highest BCUT2D eigenvalue weighted by molar-refractivity contribution is 7.89. The lowest BCUT2D eigenvalue weighted by molar-refractivity contribution is 0.445. The molecule has 5 nitrogen and oxygen atoms in total. The minimum absolute atomic E-state index is 0.323. The molecular formula is C21H25N3O2S2. The van der Waals surface area contributed by atoms with Crippen LogP contribution in [0.5, 0.6) is 0 Å². The van der Waals surface area contributed by atoms with Crippen LogP contribution in [-0.4, -0.2) is 30.4 Å². The van der Waals surface area contributed by atoms with E-state index >= 15 is 0 Å². The van der Waals surface area contributed by atoms with E-state index < -0.39 is 10.0 Å². The number of nitrogens with zero attached hydrogens (tertiary/aromatic N) is 3. The van der Waals surface area contributed by atoms with Gasteiger partial charge < -0.3 is 4.57 Å². The topological polar surface area (TPSA) is 54.7 Å². The molecule has 0 saturated heterocycles. The van der Waals surface area contributed by atoms with Gasteiger partial charge in [-0.3, -0.25) is 0 Å². The normalized spacial score (nSPS) is 12.6. The molecule has 0 unspecified atom stereocenters. The number of hydrogen-bond donors (Lipinski definition) is 0. The first-order valence-corrected chi connectivity index (χ1v) is 11.7. The summed E-state index contributed by atoms with van der Waals surface area (Å²) >= 11 is 1.56. The van der Waals surface area contributed by atoms with Crippen molar-refractivity contribution in [3.63, 3.8) is 0 Å². The zero-order chi connectivity index (χ0) is 20.1. The lowest BCUT2D eigenvalue weighted by Crippen LogP contribution is -2.30. The summed E-state index contributed by atoms with van der Waals surface area (Å²) in [7, 11) is -3.49. The van der Waals surface area contributed by atoms with Crippen LogP contribution in [0, 0.1) is 0 Å². The molecule has 7 heteroatoms. The highest BCUT2D eigenvalue weighted by Crippen LogP contribution is 2.25. The number of thiazole rings is 1. The van der Waals surface area contributed by atoms with Crippen molar-refractivity contribution >= 4 is 27.0 Å². The SMILES string of the molecule is CCN(CC)S(=O)(=O)c1cccc(-c2csc(=Nc3ccccc3)n2CC)c1. The molecule has 148 valence electrons. The van der Waals surface area contributed by atoms with Gasteiger partial charge in [-0.05, 0) is 31.2 Å². The van der Waals surface area contributed by atoms with Crippen molar-refractivity contribution in [2.45, 2.75) is 32.2 Å². The second kappa shape index (κ2) is 8.86. The van der Waals surface area contributed by atoms with Gasteiger partial charge in [-0.1, -0.05) is 44.2 Å². The van der Waals surface area contributed by atoms with Crippen molar-refractivity contribution in [2.24, 2.45) is 4.99 Å². The molecule has 0 aliphatic rings. The summed E-state index contributed by atoms with van der Waals surface area (Å²) in [6.45, 7) is 7.43. The van der Waals surface area contributed by atoms with E-state index in [1.165, 1.54) is 4.31 Å². The Morgan fingerprint density at radius 1 is 1.00 bits per heavy atom. The zero-order valence-corrected chi connectivity index (χ0v) is 18.0. The first-order chi connectivity index (χ1) is 13.5. The molecule has 0 fully saturated rings. The smallest absolute Gasteiger partial charge is 0.243 e. The van der Waals surface area contributed by atoms with E-state index in [1.807, 2.05) is 55.6 Å². The Bertz CT molecular complexity index is 1100. The lowest BCUT2D eigenvalue weighted by Gasteiger charge is -2.19. The Morgan fingerprint density at radius 2 is 1.71 bits per heavy atom. The summed E-state index contributed by atoms with van der Waals surface area (Å²) in [5.41, 5.74) is 2.75. The molecule has 3 aromatic rings. The maximum atomic E-state index is 12.9. The second-order valence-electron chi connectivity index (χ2n) is 6.21. The van der Waals surface area contributed by atoms with Gasteiger partial charge in [0.25, 0.3) is 0 Å². The van der Waals surface area contributed by atoms with Gasteiger partial charge in [0.2, 0.25) is 10.0 Å². The quantitative estimate of drug-likeness (QED) is 0.570. The average molecular weight is 416 g/mol. The Labute approximate surface area is 170 Å². The zero-order valence-electron chi connectivity index (χ0n) is 16.4. The summed E-state index contributed by atoms with van der Waals surface area (Å²) in [4.78, 5) is 5.95. The van der Waals surface area contributed by atoms with Crippen molar-refractivity contribution in [2.75, 3.05) is 13.1 Å². The predicted octanol–water partition coefficient (Wildman–Crippen LogP) is 4.50. The highest BCUT2D eigenvalue weighted by Gasteiger charge is 2.22. The van der Waals surface area contributed by atoms with E-state index in [0.29, 0.717) is 18.0 Å². The Morgan fingerprint density at radius 3 is 2.36 bits per heavy atom. The first kappa shape index (κ1) is 20.5. The van der Waals surface area contributed by atoms with Crippen LogP contribution >= 0.6 is 11.3 Å². The van der Waals surface area contributed by atoms with Crippen LogP contribution in [-0.2, 0) is 16.6 Å². The largest absolute Gasteiger partial charge is 0.317 e. The monoisotopic (exact) mass is 415 g/mol. The van der Waals surface area contributed by atoms with E-state index in [2.05, 4.69) is 11.5 Å². The van der Waals surface area contributed by atoms with Gasteiger partial charge in [0.05, 0.1) is 16.3 Å². The first-order valence-electron chi connectivity index (χ1n) is 9.40. The number of para-hydroxylation sites is 1. The third-order valence-corrected chi connectivity index (χ3v) is 7.48. The maximum Gasteiger partial charge on any atom is 0.243 e. The second-order valence-corrected chi connectivity index (χ2v) is 8.99. The van der Waals surface area contributed by atoms with Gasteiger partial charge in [-0.2, -0.15) is 4.31 Å². The number of benzene rings is 2. The summed E-state index contributed by atoms with van der Waals surface area (Å²) in [6.07, 6.45) is 0. The van der Waals surface area contributed by atoms with Gasteiger partial charge in [0.15, 0.2) is 4.80 Å². The fraction of sp³-hybridized carbons (Fsp3) is 0.286. The molecule has 0 amide bonds. The summed E-state index contributed by atoms with van der Waals surface area (Å²) in [5, 5.41) is 2.04. The van der Waals surface area contributed by atoms with Crippen LogP contribution < -0.4 is 4.80 Å². The predicted molar refractivity (Wildman–Crippen MR) is 115 cm³/mol. The van der Waals surface area contributed by atoms with Crippen LogP contribution in [0.2, 0.25) is 0 Å². The highest BCUT2D eigenvalue weighted by atomic mass is 32.2. The van der Waals surface area contributed by atoms with Gasteiger partial charge in [0.1, 0.15) is 0 Å². The average Bonchev–Trinajstić information content (AvgIpc) is 3.12. The molecule has 0 saturated carbocycles. The Hall–Kier alpha value is -2.22. The van der Waals surface area contributed by atoms with Crippen molar-refractivity contribution in [1.29, 1.82) is 0 Å². The molecule has 0 bridgehead atoms. The molecule has 0 aliphatic carbocycles. The molecule has 28 heavy (non-hydrogen) atoms. The third-order valence-electron chi connectivity index (χ3n) is 4.57. The fourth-order valence-corrected chi connectivity index (χ4v) is 5.59. The minimum atomic E-state index is -3.49. The molecule has 1 aromatic heterocycles. The van der Waals surface area contributed by atoms with Crippen molar-refractivity contribution < 1.29 is 8.42 Å². The Kier molecular flexibility index (Phi) is 6.49.